The Bertz CT molecular complexity index is 865. The smallest absolute Gasteiger partial charge is 0.319 e. The standard InChI is InChI=1S/C24H37N5O2S2/c1-24(21(30)31)12-7-3-2-4-8-13-29(14-11-19-17-32-23(28-19)33-24)22-25-15-20(16-26-22)27-18-9-5-6-10-18/h15,17-18,27H,2-14,16H2,1H3,(H,25,26)(H,30,31). The number of aromatic nitrogens is 1. The summed E-state index contributed by atoms with van der Waals surface area (Å²) in [6.45, 7) is 4.39. The lowest BCUT2D eigenvalue weighted by Gasteiger charge is -2.29. The molecule has 0 aromatic carbocycles. The summed E-state index contributed by atoms with van der Waals surface area (Å²) in [5.41, 5.74) is 2.22. The highest BCUT2D eigenvalue weighted by Crippen LogP contribution is 2.39. The minimum absolute atomic E-state index is 0.605. The second kappa shape index (κ2) is 11.6. The molecule has 2 aliphatic heterocycles. The molecule has 1 aliphatic carbocycles. The predicted molar refractivity (Wildman–Crippen MR) is 136 cm³/mol. The average molecular weight is 492 g/mol. The third-order valence-corrected chi connectivity index (χ3v) is 9.15. The van der Waals surface area contributed by atoms with E-state index in [0.717, 1.165) is 67.6 Å². The Hall–Kier alpha value is -1.74. The number of thioether (sulfide) groups is 1. The van der Waals surface area contributed by atoms with E-state index in [4.69, 9.17) is 9.98 Å². The molecule has 0 amide bonds. The van der Waals surface area contributed by atoms with Crippen LogP contribution < -0.4 is 10.6 Å². The predicted octanol–water partition coefficient (Wildman–Crippen LogP) is 4.61. The van der Waals surface area contributed by atoms with Crippen molar-refractivity contribution in [2.24, 2.45) is 4.99 Å². The minimum Gasteiger partial charge on any atom is -0.480 e. The van der Waals surface area contributed by atoms with E-state index in [-0.39, 0.29) is 0 Å². The van der Waals surface area contributed by atoms with Crippen LogP contribution in [0.15, 0.2) is 26.6 Å². The summed E-state index contributed by atoms with van der Waals surface area (Å²) in [5.74, 6) is 0.218. The zero-order valence-corrected chi connectivity index (χ0v) is 21.3. The second-order valence-corrected chi connectivity index (χ2v) is 12.2. The Balaban J connectivity index is 1.39. The minimum atomic E-state index is -0.807. The van der Waals surface area contributed by atoms with E-state index in [1.807, 2.05) is 6.92 Å². The van der Waals surface area contributed by atoms with Gasteiger partial charge in [-0.2, -0.15) is 0 Å². The molecule has 3 heterocycles. The molecule has 182 valence electrons. The van der Waals surface area contributed by atoms with Crippen LogP contribution in [0.2, 0.25) is 0 Å². The molecule has 7 nitrogen and oxygen atoms in total. The molecule has 1 aromatic heterocycles. The highest BCUT2D eigenvalue weighted by molar-refractivity contribution is 8.03. The lowest BCUT2D eigenvalue weighted by Crippen LogP contribution is -2.44. The van der Waals surface area contributed by atoms with E-state index < -0.39 is 10.7 Å². The van der Waals surface area contributed by atoms with Gasteiger partial charge in [-0.25, -0.2) is 9.98 Å². The molecule has 1 saturated carbocycles. The lowest BCUT2D eigenvalue weighted by molar-refractivity contribution is -0.139. The van der Waals surface area contributed by atoms with Crippen LogP contribution in [-0.4, -0.2) is 57.3 Å². The van der Waals surface area contributed by atoms with Crippen molar-refractivity contribution in [2.45, 2.75) is 92.7 Å². The number of carboxylic acid groups (broad SMARTS) is 1. The Morgan fingerprint density at radius 3 is 2.73 bits per heavy atom. The summed E-state index contributed by atoms with van der Waals surface area (Å²) in [6, 6.07) is 0.605. The van der Waals surface area contributed by atoms with Crippen LogP contribution in [0.5, 0.6) is 0 Å². The Morgan fingerprint density at radius 2 is 1.97 bits per heavy atom. The number of carboxylic acids is 1. The van der Waals surface area contributed by atoms with Gasteiger partial charge in [0.05, 0.1) is 12.2 Å². The summed E-state index contributed by atoms with van der Waals surface area (Å²) in [4.78, 5) is 23.9. The molecule has 1 fully saturated rings. The van der Waals surface area contributed by atoms with Gasteiger partial charge in [0.2, 0.25) is 0 Å². The van der Waals surface area contributed by atoms with Gasteiger partial charge >= 0.3 is 5.97 Å². The van der Waals surface area contributed by atoms with Crippen LogP contribution >= 0.6 is 23.1 Å². The van der Waals surface area contributed by atoms with Crippen molar-refractivity contribution in [2.75, 3.05) is 19.6 Å². The van der Waals surface area contributed by atoms with E-state index in [1.54, 1.807) is 11.3 Å². The number of carbonyl (C=O) groups is 1. The first kappa shape index (κ1) is 24.4. The first-order valence-corrected chi connectivity index (χ1v) is 14.1. The molecule has 3 aliphatic rings. The summed E-state index contributed by atoms with van der Waals surface area (Å²) < 4.78 is 0.0496. The lowest BCUT2D eigenvalue weighted by atomic mass is 10.0. The number of nitrogens with one attached hydrogen (secondary N) is 2. The van der Waals surface area contributed by atoms with Crippen molar-refractivity contribution in [3.8, 4) is 0 Å². The second-order valence-electron chi connectivity index (χ2n) is 9.58. The first-order chi connectivity index (χ1) is 16.0. The quantitative estimate of drug-likeness (QED) is 0.569. The summed E-state index contributed by atoms with van der Waals surface area (Å²) in [7, 11) is 0. The third kappa shape index (κ3) is 6.88. The van der Waals surface area contributed by atoms with E-state index in [2.05, 4.69) is 27.1 Å². The fraction of sp³-hybridized carbons (Fsp3) is 0.708. The SMILES string of the molecule is CC1(C(=O)O)CCCCCCCN(C2=NCC(NC3CCCC3)=CN2)CCc2csc(n2)S1. The van der Waals surface area contributed by atoms with Crippen molar-refractivity contribution in [3.05, 3.63) is 23.0 Å². The fourth-order valence-corrected chi connectivity index (χ4v) is 7.07. The monoisotopic (exact) mass is 491 g/mol. The summed E-state index contributed by atoms with van der Waals surface area (Å²) >= 11 is 2.98. The number of hydrogen-bond acceptors (Lipinski definition) is 8. The maximum Gasteiger partial charge on any atom is 0.319 e. The number of hydrogen-bond donors (Lipinski definition) is 3. The van der Waals surface area contributed by atoms with Gasteiger partial charge in [0.15, 0.2) is 10.3 Å². The van der Waals surface area contributed by atoms with Crippen molar-refractivity contribution in [1.29, 1.82) is 0 Å². The number of thiazole rings is 1. The molecule has 1 atom stereocenters. The van der Waals surface area contributed by atoms with E-state index in [0.29, 0.717) is 19.0 Å². The maximum atomic E-state index is 11.9. The van der Waals surface area contributed by atoms with E-state index in [1.165, 1.54) is 43.1 Å². The summed E-state index contributed by atoms with van der Waals surface area (Å²) in [5, 5.41) is 19.0. The van der Waals surface area contributed by atoms with Crippen LogP contribution in [0.1, 0.15) is 76.8 Å². The van der Waals surface area contributed by atoms with Crippen LogP contribution in [0, 0.1) is 0 Å². The van der Waals surface area contributed by atoms with Crippen LogP contribution in [0.25, 0.3) is 0 Å². The van der Waals surface area contributed by atoms with Gasteiger partial charge in [-0.15, -0.1) is 11.3 Å². The molecule has 9 heteroatoms. The van der Waals surface area contributed by atoms with Crippen molar-refractivity contribution < 1.29 is 9.90 Å². The number of aliphatic carboxylic acids is 1. The Kier molecular flexibility index (Phi) is 8.57. The topological polar surface area (TPSA) is 89.8 Å². The van der Waals surface area contributed by atoms with Gasteiger partial charge in [0, 0.05) is 42.8 Å². The zero-order chi connectivity index (χ0) is 23.1. The molecule has 0 radical (unpaired) electrons. The Morgan fingerprint density at radius 1 is 1.18 bits per heavy atom. The zero-order valence-electron chi connectivity index (χ0n) is 19.6. The van der Waals surface area contributed by atoms with Gasteiger partial charge in [-0.3, -0.25) is 4.79 Å². The molecular weight excluding hydrogens is 454 g/mol. The first-order valence-electron chi connectivity index (χ1n) is 12.4. The third-order valence-electron chi connectivity index (χ3n) is 6.83. The molecular formula is C24H37N5O2S2. The van der Waals surface area contributed by atoms with Gasteiger partial charge in [-0.1, -0.05) is 50.3 Å². The molecule has 0 spiro atoms. The van der Waals surface area contributed by atoms with Crippen LogP contribution in [-0.2, 0) is 11.2 Å². The molecule has 1 unspecified atom stereocenters. The van der Waals surface area contributed by atoms with Crippen LogP contribution in [0.4, 0.5) is 0 Å². The normalized spacial score (nSPS) is 25.9. The number of aliphatic imine (C=N–C) groups is 1. The molecule has 2 bridgehead atoms. The fourth-order valence-electron chi connectivity index (χ4n) is 4.73. The van der Waals surface area contributed by atoms with Crippen LogP contribution in [0.3, 0.4) is 0 Å². The number of nitrogens with zero attached hydrogens (tertiary/aromatic N) is 3. The maximum absolute atomic E-state index is 11.9. The molecule has 33 heavy (non-hydrogen) atoms. The number of fused-ring (bicyclic) bond motifs is 2. The number of rotatable bonds is 3. The molecule has 0 saturated heterocycles. The van der Waals surface area contributed by atoms with Gasteiger partial charge < -0.3 is 20.6 Å². The van der Waals surface area contributed by atoms with Crippen molar-refractivity contribution in [1.82, 2.24) is 20.5 Å². The van der Waals surface area contributed by atoms with Gasteiger partial charge in [0.25, 0.3) is 0 Å². The average Bonchev–Trinajstić information content (AvgIpc) is 3.47. The summed E-state index contributed by atoms with van der Waals surface area (Å²) in [6.07, 6.45) is 14.2. The van der Waals surface area contributed by atoms with Gasteiger partial charge in [0.1, 0.15) is 4.75 Å². The van der Waals surface area contributed by atoms with Crippen molar-refractivity contribution in [3.63, 3.8) is 0 Å². The molecule has 3 N–H and O–H groups in total. The molecule has 1 aromatic rings. The van der Waals surface area contributed by atoms with E-state index in [9.17, 15) is 9.90 Å². The number of guanidine groups is 1. The largest absolute Gasteiger partial charge is 0.480 e. The highest BCUT2D eigenvalue weighted by atomic mass is 32.2. The van der Waals surface area contributed by atoms with E-state index >= 15 is 0 Å². The Labute approximate surface area is 205 Å². The highest BCUT2D eigenvalue weighted by Gasteiger charge is 2.35. The van der Waals surface area contributed by atoms with Gasteiger partial charge in [-0.05, 0) is 32.6 Å². The molecule has 4 rings (SSSR count). The van der Waals surface area contributed by atoms with Crippen molar-refractivity contribution >= 4 is 35.0 Å².